The molecule has 0 aromatic heterocycles. The van der Waals surface area contributed by atoms with E-state index in [1.54, 1.807) is 30.3 Å². The predicted octanol–water partition coefficient (Wildman–Crippen LogP) is 3.73. The number of nitrogens with one attached hydrogen (secondary N) is 1. The van der Waals surface area contributed by atoms with Crippen LogP contribution in [0.3, 0.4) is 0 Å². The highest BCUT2D eigenvalue weighted by Gasteiger charge is 2.32. The number of likely N-dealkylation sites (tertiary alicyclic amines) is 1. The van der Waals surface area contributed by atoms with Crippen LogP contribution in [0.15, 0.2) is 36.4 Å². The first-order valence-electron chi connectivity index (χ1n) is 8.36. The standard InChI is InChI=1S/C19H16F4N2O2/c20-14-9-13(15(21)17(23)16(14)22)19(27)25-8-4-5-11(10-25)18(26)24-12-6-2-1-3-7-12/h1-3,6-7,9,11H,4-5,8,10H2,(H,24,26). The van der Waals surface area contributed by atoms with Crippen LogP contribution in [-0.2, 0) is 4.79 Å². The summed E-state index contributed by atoms with van der Waals surface area (Å²) in [6.07, 6.45) is 0.976. The number of carbonyl (C=O) groups is 2. The first-order valence-corrected chi connectivity index (χ1v) is 8.36. The van der Waals surface area contributed by atoms with E-state index in [9.17, 15) is 27.2 Å². The van der Waals surface area contributed by atoms with E-state index in [0.717, 1.165) is 4.90 Å². The Morgan fingerprint density at radius 1 is 1.00 bits per heavy atom. The first-order chi connectivity index (χ1) is 12.9. The molecule has 1 aliphatic heterocycles. The molecule has 1 N–H and O–H groups in total. The molecule has 0 bridgehead atoms. The van der Waals surface area contributed by atoms with Gasteiger partial charge in [-0.2, -0.15) is 0 Å². The molecule has 142 valence electrons. The van der Waals surface area contributed by atoms with Crippen molar-refractivity contribution in [1.29, 1.82) is 0 Å². The van der Waals surface area contributed by atoms with Crippen LogP contribution in [0.1, 0.15) is 23.2 Å². The zero-order valence-corrected chi connectivity index (χ0v) is 14.1. The highest BCUT2D eigenvalue weighted by molar-refractivity contribution is 5.96. The van der Waals surface area contributed by atoms with Gasteiger partial charge in [0.1, 0.15) is 0 Å². The number of rotatable bonds is 3. The summed E-state index contributed by atoms with van der Waals surface area (Å²) in [7, 11) is 0. The highest BCUT2D eigenvalue weighted by Crippen LogP contribution is 2.24. The van der Waals surface area contributed by atoms with Gasteiger partial charge in [0.25, 0.3) is 5.91 Å². The lowest BCUT2D eigenvalue weighted by Crippen LogP contribution is -2.44. The number of amides is 2. The summed E-state index contributed by atoms with van der Waals surface area (Å²) in [5, 5.41) is 2.73. The minimum atomic E-state index is -2.03. The lowest BCUT2D eigenvalue weighted by atomic mass is 9.96. The normalized spacial score (nSPS) is 16.9. The fourth-order valence-corrected chi connectivity index (χ4v) is 3.04. The molecule has 0 saturated carbocycles. The summed E-state index contributed by atoms with van der Waals surface area (Å²) in [6.45, 7) is 0.172. The topological polar surface area (TPSA) is 49.4 Å². The van der Waals surface area contributed by atoms with Crippen molar-refractivity contribution in [3.8, 4) is 0 Å². The summed E-state index contributed by atoms with van der Waals surface area (Å²) in [5.74, 6) is -9.24. The summed E-state index contributed by atoms with van der Waals surface area (Å²) in [5.41, 5.74) is -0.296. The van der Waals surface area contributed by atoms with Crippen molar-refractivity contribution >= 4 is 17.5 Å². The fourth-order valence-electron chi connectivity index (χ4n) is 3.04. The van der Waals surface area contributed by atoms with Gasteiger partial charge in [-0.25, -0.2) is 17.6 Å². The summed E-state index contributed by atoms with van der Waals surface area (Å²) in [4.78, 5) is 26.0. The maximum Gasteiger partial charge on any atom is 0.257 e. The molecule has 1 fully saturated rings. The molecule has 2 amide bonds. The molecule has 3 rings (SSSR count). The molecule has 1 atom stereocenters. The Morgan fingerprint density at radius 3 is 2.41 bits per heavy atom. The molecular weight excluding hydrogens is 364 g/mol. The number of anilines is 1. The van der Waals surface area contributed by atoms with E-state index in [0.29, 0.717) is 24.6 Å². The molecule has 0 spiro atoms. The molecule has 8 heteroatoms. The minimum absolute atomic E-state index is 0.0302. The van der Waals surface area contributed by atoms with E-state index in [1.165, 1.54) is 0 Å². The smallest absolute Gasteiger partial charge is 0.257 e. The number of carbonyl (C=O) groups excluding carboxylic acids is 2. The Morgan fingerprint density at radius 2 is 1.70 bits per heavy atom. The third-order valence-corrected chi connectivity index (χ3v) is 4.45. The number of halogens is 4. The quantitative estimate of drug-likeness (QED) is 0.501. The van der Waals surface area contributed by atoms with Crippen molar-refractivity contribution in [3.63, 3.8) is 0 Å². The van der Waals surface area contributed by atoms with Gasteiger partial charge in [-0.1, -0.05) is 18.2 Å². The van der Waals surface area contributed by atoms with E-state index in [-0.39, 0.29) is 19.0 Å². The van der Waals surface area contributed by atoms with Crippen molar-refractivity contribution in [2.24, 2.45) is 5.92 Å². The van der Waals surface area contributed by atoms with Crippen LogP contribution in [0, 0.1) is 29.2 Å². The number of piperidine rings is 1. The van der Waals surface area contributed by atoms with Crippen LogP contribution >= 0.6 is 0 Å². The molecule has 2 aromatic rings. The number of hydrogen-bond donors (Lipinski definition) is 1. The molecule has 0 aliphatic carbocycles. The second-order valence-electron chi connectivity index (χ2n) is 6.29. The lowest BCUT2D eigenvalue weighted by molar-refractivity contribution is -0.121. The van der Waals surface area contributed by atoms with Crippen LogP contribution in [0.2, 0.25) is 0 Å². The van der Waals surface area contributed by atoms with Crippen LogP contribution in [-0.4, -0.2) is 29.8 Å². The second-order valence-corrected chi connectivity index (χ2v) is 6.29. The molecule has 1 saturated heterocycles. The van der Waals surface area contributed by atoms with E-state index >= 15 is 0 Å². The van der Waals surface area contributed by atoms with Gasteiger partial charge in [0.15, 0.2) is 23.3 Å². The zero-order valence-electron chi connectivity index (χ0n) is 14.1. The maximum atomic E-state index is 13.9. The summed E-state index contributed by atoms with van der Waals surface area (Å²) >= 11 is 0. The minimum Gasteiger partial charge on any atom is -0.338 e. The van der Waals surface area contributed by atoms with Crippen molar-refractivity contribution in [3.05, 3.63) is 65.2 Å². The molecule has 27 heavy (non-hydrogen) atoms. The third kappa shape index (κ3) is 3.94. The van der Waals surface area contributed by atoms with E-state index in [2.05, 4.69) is 5.32 Å². The predicted molar refractivity (Wildman–Crippen MR) is 90.0 cm³/mol. The van der Waals surface area contributed by atoms with Gasteiger partial charge in [0.05, 0.1) is 11.5 Å². The second kappa shape index (κ2) is 7.77. The number of para-hydroxylation sites is 1. The van der Waals surface area contributed by atoms with Crippen LogP contribution in [0.25, 0.3) is 0 Å². The Hall–Kier alpha value is -2.90. The van der Waals surface area contributed by atoms with Gasteiger partial charge in [0, 0.05) is 18.8 Å². The Balaban J connectivity index is 1.74. The van der Waals surface area contributed by atoms with Gasteiger partial charge >= 0.3 is 0 Å². The van der Waals surface area contributed by atoms with E-state index < -0.39 is 40.7 Å². The van der Waals surface area contributed by atoms with Crippen LogP contribution in [0.4, 0.5) is 23.2 Å². The Kier molecular flexibility index (Phi) is 5.43. The third-order valence-electron chi connectivity index (χ3n) is 4.45. The van der Waals surface area contributed by atoms with Crippen molar-refractivity contribution < 1.29 is 27.2 Å². The molecule has 1 aliphatic rings. The Labute approximate surface area is 152 Å². The van der Waals surface area contributed by atoms with Crippen molar-refractivity contribution in [1.82, 2.24) is 4.90 Å². The monoisotopic (exact) mass is 380 g/mol. The highest BCUT2D eigenvalue weighted by atomic mass is 19.2. The average molecular weight is 380 g/mol. The number of benzene rings is 2. The molecule has 2 aromatic carbocycles. The average Bonchev–Trinajstić information content (AvgIpc) is 2.69. The van der Waals surface area contributed by atoms with Crippen LogP contribution in [0.5, 0.6) is 0 Å². The largest absolute Gasteiger partial charge is 0.338 e. The molecule has 4 nitrogen and oxygen atoms in total. The van der Waals surface area contributed by atoms with Gasteiger partial charge < -0.3 is 10.2 Å². The van der Waals surface area contributed by atoms with Gasteiger partial charge in [-0.3, -0.25) is 9.59 Å². The number of nitrogens with zero attached hydrogens (tertiary/aromatic N) is 1. The van der Waals surface area contributed by atoms with E-state index in [1.807, 2.05) is 0 Å². The SMILES string of the molecule is O=C(Nc1ccccc1)C1CCCN(C(=O)c2cc(F)c(F)c(F)c2F)C1. The first kappa shape index (κ1) is 18.9. The fraction of sp³-hybridized carbons (Fsp3) is 0.263. The van der Waals surface area contributed by atoms with E-state index in [4.69, 9.17) is 0 Å². The Bertz CT molecular complexity index is 874. The summed E-state index contributed by atoms with van der Waals surface area (Å²) in [6, 6.07) is 9.07. The summed E-state index contributed by atoms with van der Waals surface area (Å²) < 4.78 is 53.7. The molecule has 0 radical (unpaired) electrons. The van der Waals surface area contributed by atoms with Gasteiger partial charge in [-0.05, 0) is 31.0 Å². The molecule has 1 heterocycles. The van der Waals surface area contributed by atoms with Crippen molar-refractivity contribution in [2.45, 2.75) is 12.8 Å². The molecular formula is C19H16F4N2O2. The van der Waals surface area contributed by atoms with Crippen LogP contribution < -0.4 is 5.32 Å². The molecule has 1 unspecified atom stereocenters. The maximum absolute atomic E-state index is 13.9. The van der Waals surface area contributed by atoms with Gasteiger partial charge in [-0.15, -0.1) is 0 Å². The van der Waals surface area contributed by atoms with Crippen molar-refractivity contribution in [2.75, 3.05) is 18.4 Å². The number of hydrogen-bond acceptors (Lipinski definition) is 2. The lowest BCUT2D eigenvalue weighted by Gasteiger charge is -2.32. The van der Waals surface area contributed by atoms with Gasteiger partial charge in [0.2, 0.25) is 5.91 Å². The zero-order chi connectivity index (χ0) is 19.6.